The molecule has 4 aromatic rings. The van der Waals surface area contributed by atoms with Gasteiger partial charge in [-0.05, 0) is 50.3 Å². The number of rotatable bonds is 9. The van der Waals surface area contributed by atoms with E-state index in [9.17, 15) is 22.4 Å². The van der Waals surface area contributed by atoms with E-state index in [0.29, 0.717) is 23.4 Å². The minimum atomic E-state index is -4.46. The zero-order valence-corrected chi connectivity index (χ0v) is 22.2. The molecule has 1 saturated carbocycles. The number of nitrogens with zero attached hydrogens (tertiary/aromatic N) is 5. The summed E-state index contributed by atoms with van der Waals surface area (Å²) in [4.78, 5) is 25.7. The van der Waals surface area contributed by atoms with Crippen LogP contribution < -0.4 is 5.32 Å². The van der Waals surface area contributed by atoms with E-state index >= 15 is 0 Å². The number of hydrogen-bond acceptors (Lipinski definition) is 6. The van der Waals surface area contributed by atoms with Gasteiger partial charge in [0.05, 0.1) is 24.9 Å². The standard InChI is InChI=1S/C28H28F4N6O2/c1-4-26(2,3)38-15-20(35-16-38)11-23-33-13-19(14-34-23)17-5-6-18(21(29)9-17)10-25(39)36-24-12-22(40-37-24)27(7-8-27)28(30,31)32/h5-6,9,12-16H,4,7-8,10-11H2,1-3H3,(H,36,37,39). The molecular formula is C28H28F4N6O2. The number of amides is 1. The van der Waals surface area contributed by atoms with Crippen LogP contribution in [0.2, 0.25) is 0 Å². The van der Waals surface area contributed by atoms with E-state index in [2.05, 4.69) is 50.8 Å². The molecular weight excluding hydrogens is 528 g/mol. The number of aromatic nitrogens is 5. The van der Waals surface area contributed by atoms with Crippen LogP contribution in [0.5, 0.6) is 0 Å². The predicted octanol–water partition coefficient (Wildman–Crippen LogP) is 5.98. The molecule has 1 amide bonds. The highest BCUT2D eigenvalue weighted by molar-refractivity contribution is 5.91. The first-order valence-corrected chi connectivity index (χ1v) is 12.9. The summed E-state index contributed by atoms with van der Waals surface area (Å²) in [5.41, 5.74) is 0.0130. The highest BCUT2D eigenvalue weighted by atomic mass is 19.4. The van der Waals surface area contributed by atoms with Crippen LogP contribution in [-0.2, 0) is 28.6 Å². The van der Waals surface area contributed by atoms with Crippen LogP contribution in [0.1, 0.15) is 62.9 Å². The summed E-state index contributed by atoms with van der Waals surface area (Å²) in [6.07, 6.45) is 3.44. The summed E-state index contributed by atoms with van der Waals surface area (Å²) in [6, 6.07) is 5.47. The molecule has 1 aliphatic rings. The van der Waals surface area contributed by atoms with E-state index in [-0.39, 0.29) is 41.9 Å². The lowest BCUT2D eigenvalue weighted by atomic mass is 10.0. The van der Waals surface area contributed by atoms with Gasteiger partial charge in [-0.15, -0.1) is 0 Å². The monoisotopic (exact) mass is 556 g/mol. The van der Waals surface area contributed by atoms with Gasteiger partial charge in [0.2, 0.25) is 5.91 Å². The van der Waals surface area contributed by atoms with Gasteiger partial charge in [-0.3, -0.25) is 4.79 Å². The normalized spacial score (nSPS) is 14.8. The number of carbonyl (C=O) groups excluding carboxylic acids is 1. The maximum atomic E-state index is 14.8. The Morgan fingerprint density at radius 3 is 2.45 bits per heavy atom. The van der Waals surface area contributed by atoms with Gasteiger partial charge in [-0.1, -0.05) is 24.2 Å². The zero-order chi connectivity index (χ0) is 28.7. The summed E-state index contributed by atoms with van der Waals surface area (Å²) in [7, 11) is 0. The molecule has 8 nitrogen and oxygen atoms in total. The fourth-order valence-electron chi connectivity index (χ4n) is 4.31. The van der Waals surface area contributed by atoms with Gasteiger partial charge in [-0.25, -0.2) is 19.3 Å². The number of nitrogens with one attached hydrogen (secondary N) is 1. The molecule has 0 bridgehead atoms. The van der Waals surface area contributed by atoms with E-state index < -0.39 is 23.3 Å². The summed E-state index contributed by atoms with van der Waals surface area (Å²) in [6.45, 7) is 6.39. The Bertz CT molecular complexity index is 1520. The van der Waals surface area contributed by atoms with Crippen LogP contribution in [0.25, 0.3) is 11.1 Å². The van der Waals surface area contributed by atoms with Gasteiger partial charge in [-0.2, -0.15) is 13.2 Å². The maximum Gasteiger partial charge on any atom is 0.401 e. The van der Waals surface area contributed by atoms with Crippen molar-refractivity contribution >= 4 is 11.7 Å². The van der Waals surface area contributed by atoms with Gasteiger partial charge in [0, 0.05) is 35.8 Å². The van der Waals surface area contributed by atoms with Crippen LogP contribution in [0.15, 0.2) is 53.7 Å². The van der Waals surface area contributed by atoms with Crippen molar-refractivity contribution in [2.24, 2.45) is 0 Å². The van der Waals surface area contributed by atoms with Crippen molar-refractivity contribution in [3.8, 4) is 11.1 Å². The van der Waals surface area contributed by atoms with Gasteiger partial charge >= 0.3 is 6.18 Å². The van der Waals surface area contributed by atoms with Gasteiger partial charge in [0.15, 0.2) is 11.6 Å². The van der Waals surface area contributed by atoms with Gasteiger partial charge in [0.25, 0.3) is 0 Å². The quantitative estimate of drug-likeness (QED) is 0.255. The number of anilines is 1. The van der Waals surface area contributed by atoms with Crippen LogP contribution in [-0.4, -0.2) is 36.8 Å². The molecule has 0 radical (unpaired) electrons. The largest absolute Gasteiger partial charge is 0.401 e. The van der Waals surface area contributed by atoms with Gasteiger partial charge in [0.1, 0.15) is 17.1 Å². The Kier molecular flexibility index (Phi) is 6.97. The highest BCUT2D eigenvalue weighted by Crippen LogP contribution is 2.59. The van der Waals surface area contributed by atoms with Gasteiger partial charge < -0.3 is 14.4 Å². The third kappa shape index (κ3) is 5.47. The van der Waals surface area contributed by atoms with E-state index in [1.807, 2.05) is 6.20 Å². The summed E-state index contributed by atoms with van der Waals surface area (Å²) < 4.78 is 61.6. The predicted molar refractivity (Wildman–Crippen MR) is 138 cm³/mol. The summed E-state index contributed by atoms with van der Waals surface area (Å²) in [5.74, 6) is -1.16. The molecule has 3 heterocycles. The molecule has 1 aliphatic carbocycles. The molecule has 1 aromatic carbocycles. The molecule has 0 saturated heterocycles. The lowest BCUT2D eigenvalue weighted by molar-refractivity contribution is -0.165. The van der Waals surface area contributed by atoms with E-state index in [1.165, 1.54) is 12.1 Å². The van der Waals surface area contributed by atoms with Crippen molar-refractivity contribution < 1.29 is 26.9 Å². The van der Waals surface area contributed by atoms with Crippen molar-refractivity contribution in [3.63, 3.8) is 0 Å². The summed E-state index contributed by atoms with van der Waals surface area (Å²) in [5, 5.41) is 5.89. The fourth-order valence-corrected chi connectivity index (χ4v) is 4.31. The van der Waals surface area contributed by atoms with Crippen molar-refractivity contribution in [2.45, 2.75) is 70.0 Å². The second-order valence-electron chi connectivity index (χ2n) is 10.7. The fraction of sp³-hybridized carbons (Fsp3) is 0.393. The molecule has 210 valence electrons. The number of hydrogen-bond donors (Lipinski definition) is 1. The molecule has 1 N–H and O–H groups in total. The molecule has 5 rings (SSSR count). The molecule has 0 unspecified atom stereocenters. The summed E-state index contributed by atoms with van der Waals surface area (Å²) >= 11 is 0. The third-order valence-corrected chi connectivity index (χ3v) is 7.52. The smallest absolute Gasteiger partial charge is 0.358 e. The van der Waals surface area contributed by atoms with E-state index in [4.69, 9.17) is 4.52 Å². The van der Waals surface area contributed by atoms with Crippen molar-refractivity contribution in [1.29, 1.82) is 0 Å². The molecule has 12 heteroatoms. The number of carbonyl (C=O) groups is 1. The zero-order valence-electron chi connectivity index (χ0n) is 22.2. The first kappa shape index (κ1) is 27.5. The average Bonchev–Trinajstić information content (AvgIpc) is 3.38. The molecule has 0 atom stereocenters. The van der Waals surface area contributed by atoms with Crippen LogP contribution in [0, 0.1) is 5.82 Å². The van der Waals surface area contributed by atoms with E-state index in [0.717, 1.165) is 18.2 Å². The Balaban J connectivity index is 1.20. The SMILES string of the molecule is CCC(C)(C)n1cnc(Cc2ncc(-c3ccc(CC(=O)Nc4cc(C5(C(F)(F)F)CC5)on4)c(F)c3)cn2)c1. The van der Waals surface area contributed by atoms with Crippen LogP contribution in [0.4, 0.5) is 23.4 Å². The van der Waals surface area contributed by atoms with Crippen molar-refractivity contribution in [1.82, 2.24) is 24.7 Å². The second kappa shape index (κ2) is 10.1. The van der Waals surface area contributed by atoms with Crippen LogP contribution >= 0.6 is 0 Å². The Labute approximate surface area is 227 Å². The average molecular weight is 557 g/mol. The first-order valence-electron chi connectivity index (χ1n) is 12.9. The molecule has 0 spiro atoms. The highest BCUT2D eigenvalue weighted by Gasteiger charge is 2.66. The third-order valence-electron chi connectivity index (χ3n) is 7.52. The maximum absolute atomic E-state index is 14.8. The number of benzene rings is 1. The van der Waals surface area contributed by atoms with E-state index in [1.54, 1.807) is 24.8 Å². The lowest BCUT2D eigenvalue weighted by Crippen LogP contribution is -2.28. The minimum Gasteiger partial charge on any atom is -0.358 e. The second-order valence-corrected chi connectivity index (χ2v) is 10.7. The first-order chi connectivity index (χ1) is 18.9. The molecule has 3 aromatic heterocycles. The Hall–Kier alpha value is -4.09. The lowest BCUT2D eigenvalue weighted by Gasteiger charge is -2.24. The number of alkyl halides is 3. The minimum absolute atomic E-state index is 0.0391. The van der Waals surface area contributed by atoms with Crippen molar-refractivity contribution in [2.75, 3.05) is 5.32 Å². The molecule has 0 aliphatic heterocycles. The van der Waals surface area contributed by atoms with Crippen LogP contribution in [0.3, 0.4) is 0 Å². The molecule has 40 heavy (non-hydrogen) atoms. The van der Waals surface area contributed by atoms with Crippen molar-refractivity contribution in [3.05, 3.63) is 77.8 Å². The Morgan fingerprint density at radius 2 is 1.82 bits per heavy atom. The number of imidazole rings is 1. The molecule has 1 fully saturated rings. The topological polar surface area (TPSA) is 98.7 Å². The number of halogens is 4. The Morgan fingerprint density at radius 1 is 1.10 bits per heavy atom.